The number of hydrogen-bond donors (Lipinski definition) is 2. The molecule has 166 valence electrons. The number of amides is 2. The third-order valence-electron chi connectivity index (χ3n) is 4.75. The van der Waals surface area contributed by atoms with Gasteiger partial charge >= 0.3 is 12.1 Å². The first-order valence-corrected chi connectivity index (χ1v) is 9.73. The topological polar surface area (TPSA) is 102 Å². The summed E-state index contributed by atoms with van der Waals surface area (Å²) in [4.78, 5) is 36.3. The molecule has 1 aliphatic rings. The van der Waals surface area contributed by atoms with E-state index in [-0.39, 0.29) is 23.8 Å². The molecule has 0 saturated carbocycles. The summed E-state index contributed by atoms with van der Waals surface area (Å²) in [5, 5.41) is 9.04. The lowest BCUT2D eigenvalue weighted by molar-refractivity contribution is -0.143. The van der Waals surface area contributed by atoms with E-state index in [1.54, 1.807) is 0 Å². The van der Waals surface area contributed by atoms with Crippen molar-refractivity contribution in [2.24, 2.45) is 0 Å². The van der Waals surface area contributed by atoms with Crippen LogP contribution in [0.3, 0.4) is 0 Å². The van der Waals surface area contributed by atoms with Gasteiger partial charge in [0.05, 0.1) is 18.5 Å². The molecule has 8 nitrogen and oxygen atoms in total. The Morgan fingerprint density at radius 2 is 1.97 bits per heavy atom. The fraction of sp³-hybridized carbons (Fsp3) is 0.400. The summed E-state index contributed by atoms with van der Waals surface area (Å²) in [5.74, 6) is -1.91. The van der Waals surface area contributed by atoms with Gasteiger partial charge in [-0.3, -0.25) is 9.59 Å². The van der Waals surface area contributed by atoms with Crippen LogP contribution in [0.5, 0.6) is 0 Å². The Kier molecular flexibility index (Phi) is 6.62. The van der Waals surface area contributed by atoms with E-state index in [0.717, 1.165) is 19.0 Å². The molecule has 0 radical (unpaired) electrons. The van der Waals surface area contributed by atoms with Gasteiger partial charge in [0.15, 0.2) is 5.69 Å². The highest BCUT2D eigenvalue weighted by Gasteiger charge is 2.41. The van der Waals surface area contributed by atoms with Gasteiger partial charge in [0.1, 0.15) is 11.6 Å². The number of alkyl halides is 3. The zero-order valence-corrected chi connectivity index (χ0v) is 16.7. The molecular weight excluding hydrogens is 417 g/mol. The van der Waals surface area contributed by atoms with Crippen molar-refractivity contribution in [1.29, 1.82) is 0 Å². The Morgan fingerprint density at radius 3 is 2.61 bits per heavy atom. The van der Waals surface area contributed by atoms with Crippen molar-refractivity contribution in [3.05, 3.63) is 47.3 Å². The number of carbonyl (C=O) groups is 3. The van der Waals surface area contributed by atoms with Crippen LogP contribution in [0.2, 0.25) is 0 Å². The lowest BCUT2D eigenvalue weighted by Crippen LogP contribution is -2.45. The predicted molar refractivity (Wildman–Crippen MR) is 103 cm³/mol. The molecule has 3 rings (SSSR count). The molecule has 0 bridgehead atoms. The first kappa shape index (κ1) is 22.3. The SMILES string of the molecule is CCOC(=O)c1cnn(-c2ccc(C(=O)NC3CCCCNC3=O)cc2)c1C(F)(F)F. The monoisotopic (exact) mass is 438 g/mol. The largest absolute Gasteiger partial charge is 0.462 e. The van der Waals surface area contributed by atoms with Crippen molar-refractivity contribution in [1.82, 2.24) is 20.4 Å². The lowest BCUT2D eigenvalue weighted by Gasteiger charge is -2.16. The summed E-state index contributed by atoms with van der Waals surface area (Å²) < 4.78 is 46.0. The average molecular weight is 438 g/mol. The number of nitrogens with zero attached hydrogens (tertiary/aromatic N) is 2. The summed E-state index contributed by atoms with van der Waals surface area (Å²) in [6, 6.07) is 4.54. The van der Waals surface area contributed by atoms with E-state index in [0.29, 0.717) is 17.6 Å². The van der Waals surface area contributed by atoms with Crippen LogP contribution < -0.4 is 10.6 Å². The maximum atomic E-state index is 13.6. The molecule has 1 aromatic heterocycles. The van der Waals surface area contributed by atoms with Crippen LogP contribution in [-0.4, -0.2) is 46.8 Å². The lowest BCUT2D eigenvalue weighted by atomic mass is 10.1. The van der Waals surface area contributed by atoms with E-state index in [2.05, 4.69) is 20.5 Å². The maximum Gasteiger partial charge on any atom is 0.434 e. The molecule has 1 aromatic carbocycles. The van der Waals surface area contributed by atoms with Crippen molar-refractivity contribution in [3.8, 4) is 5.69 Å². The van der Waals surface area contributed by atoms with E-state index in [9.17, 15) is 27.6 Å². The van der Waals surface area contributed by atoms with Crippen molar-refractivity contribution in [2.75, 3.05) is 13.2 Å². The second kappa shape index (κ2) is 9.19. The van der Waals surface area contributed by atoms with Gasteiger partial charge in [-0.25, -0.2) is 9.48 Å². The molecule has 0 spiro atoms. The van der Waals surface area contributed by atoms with Crippen LogP contribution in [0.4, 0.5) is 13.2 Å². The van der Waals surface area contributed by atoms with Crippen molar-refractivity contribution >= 4 is 17.8 Å². The number of ether oxygens (including phenoxy) is 1. The fourth-order valence-electron chi connectivity index (χ4n) is 3.25. The number of esters is 1. The van der Waals surface area contributed by atoms with Crippen LogP contribution in [0.25, 0.3) is 5.69 Å². The molecule has 1 unspecified atom stereocenters. The van der Waals surface area contributed by atoms with Gasteiger partial charge in [-0.1, -0.05) is 0 Å². The van der Waals surface area contributed by atoms with Gasteiger partial charge in [0.2, 0.25) is 5.91 Å². The summed E-state index contributed by atoms with van der Waals surface area (Å²) in [5.41, 5.74) is -1.78. The number of benzene rings is 1. The standard InChI is InChI=1S/C20H21F3N4O4/c1-2-31-19(30)14-11-25-27(16(14)20(21,22)23)13-8-6-12(7-9-13)17(28)26-15-5-3-4-10-24-18(15)29/h6-9,11,15H,2-5,10H2,1H3,(H,24,29)(H,26,28). The quantitative estimate of drug-likeness (QED) is 0.699. The molecule has 2 heterocycles. The Balaban J connectivity index is 1.83. The molecule has 0 aliphatic carbocycles. The van der Waals surface area contributed by atoms with Crippen molar-refractivity contribution in [2.45, 2.75) is 38.4 Å². The number of hydrogen-bond acceptors (Lipinski definition) is 5. The van der Waals surface area contributed by atoms with Crippen LogP contribution in [0, 0.1) is 0 Å². The summed E-state index contributed by atoms with van der Waals surface area (Å²) >= 11 is 0. The first-order chi connectivity index (χ1) is 14.7. The Hall–Kier alpha value is -3.37. The van der Waals surface area contributed by atoms with E-state index in [1.807, 2.05) is 0 Å². The van der Waals surface area contributed by atoms with Gasteiger partial charge in [-0.15, -0.1) is 0 Å². The number of rotatable bonds is 5. The Morgan fingerprint density at radius 1 is 1.26 bits per heavy atom. The molecule has 2 N–H and O–H groups in total. The molecular formula is C20H21F3N4O4. The number of aromatic nitrogens is 2. The van der Waals surface area contributed by atoms with Gasteiger partial charge in [-0.2, -0.15) is 18.3 Å². The van der Waals surface area contributed by atoms with Gasteiger partial charge in [0, 0.05) is 12.1 Å². The van der Waals surface area contributed by atoms with E-state index >= 15 is 0 Å². The number of halogens is 3. The zero-order valence-electron chi connectivity index (χ0n) is 16.7. The van der Waals surface area contributed by atoms with E-state index in [1.165, 1.54) is 31.2 Å². The zero-order chi connectivity index (χ0) is 22.6. The highest BCUT2D eigenvalue weighted by atomic mass is 19.4. The van der Waals surface area contributed by atoms with Gasteiger partial charge < -0.3 is 15.4 Å². The molecule has 31 heavy (non-hydrogen) atoms. The summed E-state index contributed by atoms with van der Waals surface area (Å²) in [6.07, 6.45) is -1.95. The normalized spacial score (nSPS) is 16.9. The van der Waals surface area contributed by atoms with E-state index in [4.69, 9.17) is 0 Å². The minimum atomic E-state index is -4.86. The Bertz CT molecular complexity index is 970. The predicted octanol–water partition coefficient (Wildman–Crippen LogP) is 2.47. The number of nitrogens with one attached hydrogen (secondary N) is 2. The Labute approximate surface area is 175 Å². The third-order valence-corrected chi connectivity index (χ3v) is 4.75. The van der Waals surface area contributed by atoms with Crippen LogP contribution in [0.1, 0.15) is 52.6 Å². The summed E-state index contributed by atoms with van der Waals surface area (Å²) in [7, 11) is 0. The van der Waals surface area contributed by atoms with Gasteiger partial charge in [0.25, 0.3) is 5.91 Å². The molecule has 2 aromatic rings. The van der Waals surface area contributed by atoms with Crippen molar-refractivity contribution in [3.63, 3.8) is 0 Å². The molecule has 11 heteroatoms. The first-order valence-electron chi connectivity index (χ1n) is 9.73. The van der Waals surface area contributed by atoms with Crippen LogP contribution in [-0.2, 0) is 15.7 Å². The number of carbonyl (C=O) groups excluding carboxylic acids is 3. The highest BCUT2D eigenvalue weighted by Crippen LogP contribution is 2.34. The fourth-order valence-corrected chi connectivity index (χ4v) is 3.25. The van der Waals surface area contributed by atoms with Gasteiger partial charge in [-0.05, 0) is 50.5 Å². The molecule has 1 aliphatic heterocycles. The second-order valence-corrected chi connectivity index (χ2v) is 6.90. The molecule has 2 amide bonds. The van der Waals surface area contributed by atoms with Crippen LogP contribution in [0.15, 0.2) is 30.5 Å². The second-order valence-electron chi connectivity index (χ2n) is 6.90. The smallest absolute Gasteiger partial charge is 0.434 e. The van der Waals surface area contributed by atoms with Crippen molar-refractivity contribution < 1.29 is 32.3 Å². The molecule has 1 fully saturated rings. The average Bonchev–Trinajstić information content (AvgIpc) is 3.09. The molecule has 1 atom stereocenters. The third kappa shape index (κ3) is 5.04. The highest BCUT2D eigenvalue weighted by molar-refractivity contribution is 5.97. The summed E-state index contributed by atoms with van der Waals surface area (Å²) in [6.45, 7) is 1.96. The minimum absolute atomic E-state index is 0.00614. The molecule has 1 saturated heterocycles. The maximum absolute atomic E-state index is 13.6. The minimum Gasteiger partial charge on any atom is -0.462 e. The van der Waals surface area contributed by atoms with Crippen LogP contribution >= 0.6 is 0 Å². The van der Waals surface area contributed by atoms with E-state index < -0.39 is 35.4 Å².